The molecular weight excluding hydrogens is 366 g/mol. The second-order valence-electron chi connectivity index (χ2n) is 9.54. The van der Waals surface area contributed by atoms with Crippen LogP contribution >= 0.6 is 0 Å². The minimum Gasteiger partial charge on any atom is -0.379 e. The summed E-state index contributed by atoms with van der Waals surface area (Å²) < 4.78 is 7.34. The smallest absolute Gasteiger partial charge is 0.256 e. The van der Waals surface area contributed by atoms with E-state index in [1.807, 2.05) is 28.8 Å². The average molecular weight is 396 g/mol. The summed E-state index contributed by atoms with van der Waals surface area (Å²) in [6, 6.07) is 7.74. The molecule has 0 bridgehead atoms. The van der Waals surface area contributed by atoms with E-state index in [1.165, 1.54) is 6.42 Å². The number of fused-ring (bicyclic) bond motifs is 1. The molecule has 7 heteroatoms. The number of hydrogen-bond donors (Lipinski definition) is 0. The number of rotatable bonds is 4. The van der Waals surface area contributed by atoms with E-state index in [2.05, 4.69) is 33.8 Å². The number of nitrogens with zero attached hydrogens (tertiary/aromatic N) is 5. The van der Waals surface area contributed by atoms with Crippen LogP contribution in [0.2, 0.25) is 0 Å². The SMILES string of the molecule is CC1(C)C[C@]2(CN3CCOCC3)CN(C(=O)c3ccccc3-n3cnnc3)C[C@H]12. The Bertz CT molecular complexity index is 890. The number of likely N-dealkylation sites (tertiary alicyclic amines) is 1. The van der Waals surface area contributed by atoms with E-state index in [1.54, 1.807) is 12.7 Å². The van der Waals surface area contributed by atoms with Gasteiger partial charge in [0.2, 0.25) is 0 Å². The highest BCUT2D eigenvalue weighted by Crippen LogP contribution is 2.63. The lowest BCUT2D eigenvalue weighted by molar-refractivity contribution is -0.0966. The maximum Gasteiger partial charge on any atom is 0.256 e. The van der Waals surface area contributed by atoms with Gasteiger partial charge in [-0.2, -0.15) is 0 Å². The zero-order chi connectivity index (χ0) is 20.1. The van der Waals surface area contributed by atoms with Crippen LogP contribution < -0.4 is 0 Å². The number of hydrogen-bond acceptors (Lipinski definition) is 5. The maximum absolute atomic E-state index is 13.6. The van der Waals surface area contributed by atoms with Crippen molar-refractivity contribution in [3.8, 4) is 5.69 Å². The number of ether oxygens (including phenoxy) is 1. The van der Waals surface area contributed by atoms with Gasteiger partial charge in [0.05, 0.1) is 24.5 Å². The van der Waals surface area contributed by atoms with Crippen molar-refractivity contribution < 1.29 is 9.53 Å². The van der Waals surface area contributed by atoms with Gasteiger partial charge in [-0.25, -0.2) is 0 Å². The van der Waals surface area contributed by atoms with Crippen LogP contribution in [0.5, 0.6) is 0 Å². The molecule has 3 heterocycles. The summed E-state index contributed by atoms with van der Waals surface area (Å²) in [6.07, 6.45) is 4.46. The molecule has 0 N–H and O–H groups in total. The van der Waals surface area contributed by atoms with E-state index in [9.17, 15) is 4.79 Å². The summed E-state index contributed by atoms with van der Waals surface area (Å²) in [7, 11) is 0. The van der Waals surface area contributed by atoms with Crippen LogP contribution in [0.3, 0.4) is 0 Å². The van der Waals surface area contributed by atoms with Gasteiger partial charge in [-0.1, -0.05) is 26.0 Å². The number of aromatic nitrogens is 3. The fraction of sp³-hybridized carbons (Fsp3) is 0.591. The number of para-hydroxylation sites is 1. The van der Waals surface area contributed by atoms with Crippen molar-refractivity contribution in [3.63, 3.8) is 0 Å². The first kappa shape index (κ1) is 18.8. The predicted octanol–water partition coefficient (Wildman–Crippen LogP) is 2.09. The van der Waals surface area contributed by atoms with Crippen LogP contribution in [-0.2, 0) is 4.74 Å². The standard InChI is InChI=1S/C22H29N5O2/c1-21(2)12-22(13-25-7-9-29-10-8-25)14-26(11-19(21)22)20(28)17-5-3-4-6-18(17)27-15-23-24-16-27/h3-6,15-16,19H,7-14H2,1-2H3/t19-,22+/m1/s1. The number of amides is 1. The monoisotopic (exact) mass is 395 g/mol. The Morgan fingerprint density at radius 3 is 2.62 bits per heavy atom. The van der Waals surface area contributed by atoms with E-state index in [-0.39, 0.29) is 16.7 Å². The summed E-state index contributed by atoms with van der Waals surface area (Å²) >= 11 is 0. The van der Waals surface area contributed by atoms with Crippen LogP contribution in [0.1, 0.15) is 30.6 Å². The molecule has 2 aromatic rings. The van der Waals surface area contributed by atoms with Gasteiger partial charge in [0, 0.05) is 38.1 Å². The molecule has 3 aliphatic rings. The summed E-state index contributed by atoms with van der Waals surface area (Å²) in [4.78, 5) is 18.2. The number of carbonyl (C=O) groups excluding carboxylic acids is 1. The average Bonchev–Trinajstić information content (AvgIpc) is 3.35. The van der Waals surface area contributed by atoms with Crippen molar-refractivity contribution in [3.05, 3.63) is 42.5 Å². The highest BCUT2D eigenvalue weighted by molar-refractivity contribution is 5.98. The second-order valence-corrected chi connectivity index (χ2v) is 9.54. The van der Waals surface area contributed by atoms with Crippen LogP contribution in [0.15, 0.2) is 36.9 Å². The Labute approximate surface area is 171 Å². The summed E-state index contributed by atoms with van der Waals surface area (Å²) in [6.45, 7) is 11.1. The number of benzene rings is 1. The third kappa shape index (κ3) is 3.16. The van der Waals surface area contributed by atoms with E-state index >= 15 is 0 Å². The third-order valence-electron chi connectivity index (χ3n) is 7.16. The van der Waals surface area contributed by atoms with Crippen LogP contribution in [0, 0.1) is 16.7 Å². The number of carbonyl (C=O) groups is 1. The highest BCUT2D eigenvalue weighted by atomic mass is 16.5. The Hall–Kier alpha value is -2.25. The van der Waals surface area contributed by atoms with Crippen molar-refractivity contribution >= 4 is 5.91 Å². The highest BCUT2D eigenvalue weighted by Gasteiger charge is 2.63. The topological polar surface area (TPSA) is 63.5 Å². The van der Waals surface area contributed by atoms with Gasteiger partial charge < -0.3 is 9.64 Å². The first-order chi connectivity index (χ1) is 14.0. The summed E-state index contributed by atoms with van der Waals surface area (Å²) in [5.41, 5.74) is 2.05. The van der Waals surface area contributed by atoms with Crippen molar-refractivity contribution in [2.75, 3.05) is 45.9 Å². The first-order valence-corrected chi connectivity index (χ1v) is 10.5. The minimum absolute atomic E-state index is 0.112. The van der Waals surface area contributed by atoms with E-state index in [4.69, 9.17) is 4.74 Å². The van der Waals surface area contributed by atoms with Crippen LogP contribution in [0.4, 0.5) is 0 Å². The molecule has 0 unspecified atom stereocenters. The third-order valence-corrected chi connectivity index (χ3v) is 7.16. The molecule has 7 nitrogen and oxygen atoms in total. The molecule has 154 valence electrons. The van der Waals surface area contributed by atoms with Gasteiger partial charge in [-0.3, -0.25) is 14.3 Å². The maximum atomic E-state index is 13.6. The van der Waals surface area contributed by atoms with Crippen molar-refractivity contribution in [2.45, 2.75) is 20.3 Å². The van der Waals surface area contributed by atoms with Crippen molar-refractivity contribution in [2.24, 2.45) is 16.7 Å². The molecule has 1 aliphatic carbocycles. The molecule has 1 aromatic carbocycles. The van der Waals surface area contributed by atoms with Gasteiger partial charge >= 0.3 is 0 Å². The molecule has 3 fully saturated rings. The molecule has 29 heavy (non-hydrogen) atoms. The lowest BCUT2D eigenvalue weighted by Gasteiger charge is -2.58. The fourth-order valence-corrected chi connectivity index (χ4v) is 6.07. The van der Waals surface area contributed by atoms with Gasteiger partial charge in [-0.15, -0.1) is 10.2 Å². The molecule has 1 amide bonds. The molecule has 0 spiro atoms. The summed E-state index contributed by atoms with van der Waals surface area (Å²) in [5.74, 6) is 0.657. The molecule has 2 aliphatic heterocycles. The van der Waals surface area contributed by atoms with Crippen LogP contribution in [0.25, 0.3) is 5.69 Å². The van der Waals surface area contributed by atoms with Gasteiger partial charge in [0.15, 0.2) is 0 Å². The Morgan fingerprint density at radius 2 is 1.90 bits per heavy atom. The second kappa shape index (κ2) is 6.92. The summed E-state index contributed by atoms with van der Waals surface area (Å²) in [5, 5.41) is 7.80. The van der Waals surface area contributed by atoms with Gasteiger partial charge in [0.1, 0.15) is 12.7 Å². The first-order valence-electron chi connectivity index (χ1n) is 10.5. The zero-order valence-corrected chi connectivity index (χ0v) is 17.3. The van der Waals surface area contributed by atoms with E-state index in [0.717, 1.165) is 51.6 Å². The molecule has 1 aromatic heterocycles. The minimum atomic E-state index is 0.112. The molecule has 1 saturated carbocycles. The van der Waals surface area contributed by atoms with Crippen LogP contribution in [-0.4, -0.2) is 76.4 Å². The molecule has 0 radical (unpaired) electrons. The normalized spacial score (nSPS) is 28.8. The Morgan fingerprint density at radius 1 is 1.17 bits per heavy atom. The lowest BCUT2D eigenvalue weighted by atomic mass is 9.48. The lowest BCUT2D eigenvalue weighted by Crippen LogP contribution is -2.59. The quantitative estimate of drug-likeness (QED) is 0.793. The predicted molar refractivity (Wildman–Crippen MR) is 109 cm³/mol. The van der Waals surface area contributed by atoms with Crippen molar-refractivity contribution in [1.82, 2.24) is 24.6 Å². The zero-order valence-electron chi connectivity index (χ0n) is 17.3. The molecule has 2 saturated heterocycles. The van der Waals surface area contributed by atoms with E-state index < -0.39 is 0 Å². The largest absolute Gasteiger partial charge is 0.379 e. The Kier molecular flexibility index (Phi) is 4.47. The molecule has 2 atom stereocenters. The van der Waals surface area contributed by atoms with Gasteiger partial charge in [0.25, 0.3) is 5.91 Å². The van der Waals surface area contributed by atoms with E-state index in [0.29, 0.717) is 11.5 Å². The number of morpholine rings is 1. The fourth-order valence-electron chi connectivity index (χ4n) is 6.07. The molecule has 5 rings (SSSR count). The van der Waals surface area contributed by atoms with Gasteiger partial charge in [-0.05, 0) is 29.9 Å². The van der Waals surface area contributed by atoms with Crippen molar-refractivity contribution in [1.29, 1.82) is 0 Å². The Balaban J connectivity index is 1.40. The molecular formula is C22H29N5O2.